The second-order valence-electron chi connectivity index (χ2n) is 12.7. The molecule has 0 N–H and O–H groups in total. The van der Waals surface area contributed by atoms with Crippen LogP contribution >= 0.6 is 0 Å². The summed E-state index contributed by atoms with van der Waals surface area (Å²) in [7, 11) is 0. The number of rotatable bonds is 7. The van der Waals surface area contributed by atoms with Gasteiger partial charge in [-0.2, -0.15) is 25.1 Å². The van der Waals surface area contributed by atoms with Crippen LogP contribution in [-0.4, -0.2) is 94.9 Å². The summed E-state index contributed by atoms with van der Waals surface area (Å²) in [6, 6.07) is 0. The first-order valence-corrected chi connectivity index (χ1v) is 17.6. The fourth-order valence-corrected chi connectivity index (χ4v) is 6.33. The summed E-state index contributed by atoms with van der Waals surface area (Å²) < 4.78 is 7.55. The molecule has 16 heteroatoms. The average molecular weight is 677 g/mol. The van der Waals surface area contributed by atoms with Crippen LogP contribution in [0.2, 0.25) is 0 Å². The number of aromatic nitrogens is 14. The number of hydrogen-bond donors (Lipinski definition) is 0. The highest BCUT2D eigenvalue weighted by molar-refractivity contribution is 5.46. The Hall–Kier alpha value is -5.46. The Morgan fingerprint density at radius 3 is 1.58 bits per heavy atom. The maximum atomic E-state index is 4.77. The van der Waals surface area contributed by atoms with Crippen molar-refractivity contribution >= 4 is 23.2 Å². The van der Waals surface area contributed by atoms with E-state index >= 15 is 0 Å². The van der Waals surface area contributed by atoms with Gasteiger partial charge in [-0.05, 0) is 79.1 Å². The summed E-state index contributed by atoms with van der Waals surface area (Å²) in [6.45, 7) is 17.8. The molecule has 0 aliphatic carbocycles. The van der Waals surface area contributed by atoms with Gasteiger partial charge in [-0.25, -0.2) is 23.4 Å². The Kier molecular flexibility index (Phi) is 9.38. The molecule has 260 valence electrons. The molecule has 8 heterocycles. The van der Waals surface area contributed by atoms with Crippen molar-refractivity contribution in [3.8, 4) is 11.8 Å². The summed E-state index contributed by atoms with van der Waals surface area (Å²) in [5, 5.41) is 18.2. The molecule has 0 aromatic carbocycles. The van der Waals surface area contributed by atoms with Crippen molar-refractivity contribution in [3.63, 3.8) is 0 Å². The molecule has 0 unspecified atom stereocenters. The number of aryl methyl sites for hydroxylation is 8. The van der Waals surface area contributed by atoms with E-state index in [2.05, 4.69) is 80.8 Å². The molecular formula is C34H44N16. The Labute approximate surface area is 291 Å². The van der Waals surface area contributed by atoms with Crippen LogP contribution in [0.5, 0.6) is 0 Å². The summed E-state index contributed by atoms with van der Waals surface area (Å²) in [5.41, 5.74) is 5.20. The Morgan fingerprint density at radius 1 is 0.560 bits per heavy atom. The third-order valence-electron chi connectivity index (χ3n) is 9.05. The fraction of sp³-hybridized carbons (Fsp3) is 0.529. The van der Waals surface area contributed by atoms with Gasteiger partial charge < -0.3 is 9.80 Å². The molecule has 0 spiro atoms. The first-order chi connectivity index (χ1) is 24.3. The highest BCUT2D eigenvalue weighted by Crippen LogP contribution is 2.20. The topological polar surface area (TPSA) is 154 Å². The molecule has 2 fully saturated rings. The van der Waals surface area contributed by atoms with E-state index in [1.165, 1.54) is 25.7 Å². The van der Waals surface area contributed by atoms with Crippen molar-refractivity contribution < 1.29 is 0 Å². The molecule has 0 radical (unpaired) electrons. The number of anilines is 2. The van der Waals surface area contributed by atoms with Crippen molar-refractivity contribution in [2.24, 2.45) is 0 Å². The minimum absolute atomic E-state index is 0.453. The van der Waals surface area contributed by atoms with Crippen molar-refractivity contribution in [3.05, 3.63) is 58.5 Å². The highest BCUT2D eigenvalue weighted by Gasteiger charge is 2.21. The highest BCUT2D eigenvalue weighted by atomic mass is 15.5. The molecule has 16 nitrogen and oxygen atoms in total. The van der Waals surface area contributed by atoms with E-state index in [-0.39, 0.29) is 0 Å². The van der Waals surface area contributed by atoms with Gasteiger partial charge in [-0.3, -0.25) is 9.97 Å². The fourth-order valence-electron chi connectivity index (χ4n) is 6.33. The lowest BCUT2D eigenvalue weighted by Crippen LogP contribution is -2.22. The Balaban J connectivity index is 0.000000157. The van der Waals surface area contributed by atoms with Gasteiger partial charge in [0.1, 0.15) is 0 Å². The van der Waals surface area contributed by atoms with Crippen LogP contribution in [0.1, 0.15) is 85.6 Å². The van der Waals surface area contributed by atoms with E-state index in [4.69, 9.17) is 4.98 Å². The van der Waals surface area contributed by atoms with Gasteiger partial charge in [-0.15, -0.1) is 10.2 Å². The molecule has 0 amide bonds. The van der Waals surface area contributed by atoms with Crippen LogP contribution < -0.4 is 9.80 Å². The third-order valence-corrected chi connectivity index (χ3v) is 9.05. The predicted octanol–water partition coefficient (Wildman–Crippen LogP) is 3.09. The summed E-state index contributed by atoms with van der Waals surface area (Å²) >= 11 is 0. The molecule has 2 saturated heterocycles. The van der Waals surface area contributed by atoms with Crippen LogP contribution in [0.4, 0.5) is 11.9 Å². The SMILES string of the molecule is CCn1nc(C#Cc2nc3c(C)ncc(C)n3n2)nc1N1CCCC1.CCn1nc(CCc2nc3c(C)ncc(C)n3n2)nc1N1CCCC1. The predicted molar refractivity (Wildman–Crippen MR) is 188 cm³/mol. The normalized spacial score (nSPS) is 14.4. The summed E-state index contributed by atoms with van der Waals surface area (Å²) in [6.07, 6.45) is 9.97. The second kappa shape index (κ2) is 14.2. The largest absolute Gasteiger partial charge is 0.341 e. The van der Waals surface area contributed by atoms with Crippen molar-refractivity contribution in [1.82, 2.24) is 68.7 Å². The lowest BCUT2D eigenvalue weighted by Gasteiger charge is -2.15. The number of nitrogens with zero attached hydrogens (tertiary/aromatic N) is 16. The maximum absolute atomic E-state index is 4.77. The van der Waals surface area contributed by atoms with Crippen molar-refractivity contribution in [2.75, 3.05) is 36.0 Å². The van der Waals surface area contributed by atoms with E-state index in [0.29, 0.717) is 11.6 Å². The van der Waals surface area contributed by atoms with Gasteiger partial charge >= 0.3 is 0 Å². The minimum atomic E-state index is 0.453. The average Bonchev–Trinajstić information content (AvgIpc) is 3.97. The third kappa shape index (κ3) is 6.72. The maximum Gasteiger partial charge on any atom is 0.227 e. The van der Waals surface area contributed by atoms with Crippen molar-refractivity contribution in [1.29, 1.82) is 0 Å². The molecule has 6 aromatic rings. The van der Waals surface area contributed by atoms with Gasteiger partial charge in [0.15, 0.2) is 22.9 Å². The molecule has 0 saturated carbocycles. The van der Waals surface area contributed by atoms with Gasteiger partial charge in [0.2, 0.25) is 23.5 Å². The molecule has 8 rings (SSSR count). The summed E-state index contributed by atoms with van der Waals surface area (Å²) in [4.78, 5) is 31.7. The number of fused-ring (bicyclic) bond motifs is 2. The van der Waals surface area contributed by atoms with Gasteiger partial charge in [-0.1, -0.05) is 0 Å². The van der Waals surface area contributed by atoms with E-state index in [9.17, 15) is 0 Å². The van der Waals surface area contributed by atoms with Crippen LogP contribution in [0.15, 0.2) is 12.4 Å². The van der Waals surface area contributed by atoms with Crippen LogP contribution in [0.25, 0.3) is 11.3 Å². The van der Waals surface area contributed by atoms with E-state index < -0.39 is 0 Å². The standard InChI is InChI=1S/C17H24N8.C17H20N8/c2*1-4-24-17(23-9-5-6-10-23)20-15(21-24)8-7-14-19-16-13(3)18-11-12(2)25(16)22-14/h11H,4-10H2,1-3H3;11H,4-6,9-10H2,1-3H3. The van der Waals surface area contributed by atoms with Crippen LogP contribution in [-0.2, 0) is 25.9 Å². The van der Waals surface area contributed by atoms with Gasteiger partial charge in [0.25, 0.3) is 0 Å². The molecule has 0 atom stereocenters. The zero-order valence-electron chi connectivity index (χ0n) is 29.8. The Morgan fingerprint density at radius 2 is 1.04 bits per heavy atom. The van der Waals surface area contributed by atoms with Crippen LogP contribution in [0.3, 0.4) is 0 Å². The molecule has 2 aliphatic heterocycles. The smallest absolute Gasteiger partial charge is 0.227 e. The molecule has 0 bridgehead atoms. The van der Waals surface area contributed by atoms with Crippen LogP contribution in [0, 0.1) is 39.5 Å². The van der Waals surface area contributed by atoms with E-state index in [0.717, 1.165) is 110 Å². The molecule has 2 aliphatic rings. The Bertz CT molecular complexity index is 2100. The molecular weight excluding hydrogens is 632 g/mol. The quantitative estimate of drug-likeness (QED) is 0.228. The minimum Gasteiger partial charge on any atom is -0.341 e. The van der Waals surface area contributed by atoms with E-state index in [1.54, 1.807) is 10.7 Å². The molecule has 6 aromatic heterocycles. The monoisotopic (exact) mass is 676 g/mol. The number of hydrogen-bond acceptors (Lipinski definition) is 12. The van der Waals surface area contributed by atoms with Crippen molar-refractivity contribution in [2.45, 2.75) is 93.2 Å². The first-order valence-electron chi connectivity index (χ1n) is 17.6. The lowest BCUT2D eigenvalue weighted by atomic mass is 10.3. The molecule has 50 heavy (non-hydrogen) atoms. The second-order valence-corrected chi connectivity index (χ2v) is 12.7. The first kappa shape index (κ1) is 33.1. The zero-order valence-corrected chi connectivity index (χ0v) is 29.8. The summed E-state index contributed by atoms with van der Waals surface area (Å²) in [5.74, 6) is 10.5. The van der Waals surface area contributed by atoms with Gasteiger partial charge in [0, 0.05) is 64.5 Å². The van der Waals surface area contributed by atoms with Gasteiger partial charge in [0.05, 0.1) is 22.8 Å². The van der Waals surface area contributed by atoms with E-state index in [1.807, 2.05) is 47.8 Å². The lowest BCUT2D eigenvalue weighted by molar-refractivity contribution is 0.634. The zero-order chi connectivity index (χ0) is 34.8.